The molecule has 0 aliphatic carbocycles. The van der Waals surface area contributed by atoms with Crippen LogP contribution in [0, 0.1) is 75.8 Å². The van der Waals surface area contributed by atoms with Crippen LogP contribution in [0.2, 0.25) is 0 Å². The van der Waals surface area contributed by atoms with Gasteiger partial charge < -0.3 is 0 Å². The predicted octanol–water partition coefficient (Wildman–Crippen LogP) is 6.94. The van der Waals surface area contributed by atoms with Gasteiger partial charge in [-0.1, -0.05) is 96.1 Å². The minimum absolute atomic E-state index is 0. The Labute approximate surface area is 349 Å². The van der Waals surface area contributed by atoms with Crippen molar-refractivity contribution < 1.29 is 51.7 Å². The monoisotopic (exact) mass is 898 g/mol. The van der Waals surface area contributed by atoms with Crippen molar-refractivity contribution in [3.63, 3.8) is 0 Å². The minimum Gasteiger partial charge on any atom is -0.295 e. The van der Waals surface area contributed by atoms with E-state index in [2.05, 4.69) is 15.3 Å². The van der Waals surface area contributed by atoms with E-state index < -0.39 is 0 Å². The van der Waals surface area contributed by atoms with Gasteiger partial charge in [-0.3, -0.25) is 44.1 Å². The van der Waals surface area contributed by atoms with Crippen molar-refractivity contribution in [3.8, 4) is 17.1 Å². The third kappa shape index (κ3) is 10.2. The Morgan fingerprint density at radius 2 is 0.618 bits per heavy atom. The summed E-state index contributed by atoms with van der Waals surface area (Å²) in [5, 5.41) is 8.84. The summed E-state index contributed by atoms with van der Waals surface area (Å²) in [6.07, 6.45) is 0. The molecule has 0 aliphatic heterocycles. The van der Waals surface area contributed by atoms with Crippen molar-refractivity contribution in [2.24, 2.45) is 17.8 Å². The maximum absolute atomic E-state index is 12.2. The van der Waals surface area contributed by atoms with Crippen LogP contribution >= 0.6 is 0 Å². The number of benzene rings is 3. The van der Waals surface area contributed by atoms with Crippen LogP contribution in [0.1, 0.15) is 89.7 Å². The van der Waals surface area contributed by atoms with E-state index in [0.29, 0.717) is 17.1 Å². The molecule has 0 spiro atoms. The average molecular weight is 900 g/mol. The summed E-state index contributed by atoms with van der Waals surface area (Å²) >= 11 is 0. The third-order valence-electron chi connectivity index (χ3n) is 8.57. The third-order valence-corrected chi connectivity index (χ3v) is 8.57. The molecule has 0 radical (unpaired) electrons. The van der Waals surface area contributed by atoms with E-state index in [9.17, 15) is 28.8 Å². The topological polar surface area (TPSA) is 165 Å². The number of aromatic amines is 3. The molecule has 0 saturated carbocycles. The molecule has 0 atom stereocenters. The number of aromatic nitrogens is 6. The number of H-pyrrole nitrogens is 3. The van der Waals surface area contributed by atoms with E-state index in [1.165, 1.54) is 14.0 Å². The van der Waals surface area contributed by atoms with Gasteiger partial charge in [0, 0.05) is 72.1 Å². The standard InChI is InChI=1S/3C14H16N2O2.Er/c3*1-9(2)13(17)12-10(3)15-16(14(12)18)11-7-5-4-6-8-11;/h3*4-9,15H,1-3H3;. The molecular formula is C42H48ErN6O6. The van der Waals surface area contributed by atoms with E-state index >= 15 is 0 Å². The van der Waals surface area contributed by atoms with E-state index in [4.69, 9.17) is 0 Å². The number of carbonyl (C=O) groups is 3. The molecule has 6 aromatic rings. The van der Waals surface area contributed by atoms with Crippen LogP contribution in [0.3, 0.4) is 0 Å². The molecule has 0 fully saturated rings. The second-order valence-corrected chi connectivity index (χ2v) is 13.8. The van der Waals surface area contributed by atoms with Gasteiger partial charge in [0.2, 0.25) is 0 Å². The zero-order valence-electron chi connectivity index (χ0n) is 32.5. The molecule has 0 aliphatic rings. The quantitative estimate of drug-likeness (QED) is 0.133. The second kappa shape index (κ2) is 19.5. The van der Waals surface area contributed by atoms with Crippen molar-refractivity contribution in [3.05, 3.63) is 156 Å². The number of para-hydroxylation sites is 3. The Kier molecular flexibility index (Phi) is 15.7. The molecule has 6 rings (SSSR count). The first-order valence-corrected chi connectivity index (χ1v) is 17.8. The van der Waals surface area contributed by atoms with Crippen LogP contribution in [0.15, 0.2) is 105 Å². The summed E-state index contributed by atoms with van der Waals surface area (Å²) in [7, 11) is 0. The summed E-state index contributed by atoms with van der Waals surface area (Å²) in [4.78, 5) is 72.7. The Morgan fingerprint density at radius 1 is 0.418 bits per heavy atom. The van der Waals surface area contributed by atoms with Crippen LogP contribution < -0.4 is 16.7 Å². The van der Waals surface area contributed by atoms with Crippen LogP contribution in [0.25, 0.3) is 17.1 Å². The maximum atomic E-state index is 12.2. The Bertz CT molecular complexity index is 2140. The van der Waals surface area contributed by atoms with Crippen molar-refractivity contribution in [2.75, 3.05) is 0 Å². The molecule has 3 aromatic carbocycles. The molecule has 3 heterocycles. The van der Waals surface area contributed by atoms with Gasteiger partial charge in [-0.05, 0) is 57.2 Å². The summed E-state index contributed by atoms with van der Waals surface area (Å²) in [5.41, 5.74) is 3.96. The molecule has 0 bridgehead atoms. The number of nitrogens with zero attached hydrogens (tertiary/aromatic N) is 3. The van der Waals surface area contributed by atoms with Crippen LogP contribution in [0.5, 0.6) is 0 Å². The fraction of sp³-hybridized carbons (Fsp3) is 0.286. The molecule has 12 nitrogen and oxygen atoms in total. The smallest absolute Gasteiger partial charge is 0.282 e. The van der Waals surface area contributed by atoms with Crippen LogP contribution in [0.4, 0.5) is 0 Å². The minimum atomic E-state index is -0.280. The van der Waals surface area contributed by atoms with Gasteiger partial charge in [-0.15, -0.1) is 0 Å². The normalized spacial score (nSPS) is 10.7. The summed E-state index contributed by atoms with van der Waals surface area (Å²) in [5.74, 6) is -0.917. The number of rotatable bonds is 9. The SMILES string of the molecule is Cc1[nH]n(-c2ccccc2)c(=O)c1C(=O)C(C)C.Cc1[nH]n(-c2ccccc2)c(=O)c1C(=O)C(C)C.Cc1[nH]n(-c2ccccc2)c(=O)c1C(=O)C(C)C.[Er]. The molecule has 0 unspecified atom stereocenters. The summed E-state index contributed by atoms with van der Waals surface area (Å²) < 4.78 is 4.22. The van der Waals surface area contributed by atoms with Crippen molar-refractivity contribution in [1.82, 2.24) is 29.3 Å². The fourth-order valence-corrected chi connectivity index (χ4v) is 5.65. The molecule has 0 amide bonds. The first-order valence-electron chi connectivity index (χ1n) is 17.8. The average Bonchev–Trinajstić information content (AvgIpc) is 3.75. The van der Waals surface area contributed by atoms with Crippen molar-refractivity contribution in [2.45, 2.75) is 62.3 Å². The van der Waals surface area contributed by atoms with Gasteiger partial charge in [0.25, 0.3) is 16.7 Å². The van der Waals surface area contributed by atoms with Crippen LogP contribution in [-0.4, -0.2) is 46.7 Å². The Hall–Kier alpha value is -5.05. The summed E-state index contributed by atoms with van der Waals surface area (Å²) in [6, 6.07) is 27.7. The van der Waals surface area contributed by atoms with Crippen LogP contribution in [-0.2, 0) is 0 Å². The fourth-order valence-electron chi connectivity index (χ4n) is 5.65. The molecular weight excluding hydrogens is 852 g/mol. The molecule has 294 valence electrons. The number of Topliss-reactive ketones (excluding diaryl/α,β-unsaturated/α-hetero) is 3. The summed E-state index contributed by atoms with van der Waals surface area (Å²) in [6.45, 7) is 16.0. The maximum Gasteiger partial charge on any atom is 0.282 e. The van der Waals surface area contributed by atoms with E-state index in [-0.39, 0.29) is 106 Å². The zero-order chi connectivity index (χ0) is 39.9. The largest absolute Gasteiger partial charge is 0.295 e. The van der Waals surface area contributed by atoms with Gasteiger partial charge in [0.15, 0.2) is 17.3 Å². The van der Waals surface area contributed by atoms with E-state index in [0.717, 1.165) is 17.1 Å². The molecule has 55 heavy (non-hydrogen) atoms. The first kappa shape index (κ1) is 44.3. The first-order chi connectivity index (χ1) is 25.6. The Morgan fingerprint density at radius 3 is 0.800 bits per heavy atom. The number of hydrogen-bond donors (Lipinski definition) is 3. The number of carbonyl (C=O) groups excluding carboxylic acids is 3. The van der Waals surface area contributed by atoms with Gasteiger partial charge in [0.05, 0.1) is 17.1 Å². The predicted molar refractivity (Wildman–Crippen MR) is 211 cm³/mol. The zero-order valence-corrected chi connectivity index (χ0v) is 34.3. The number of hydrogen-bond acceptors (Lipinski definition) is 6. The van der Waals surface area contributed by atoms with E-state index in [1.54, 1.807) is 62.3 Å². The number of nitrogens with one attached hydrogen (secondary N) is 3. The van der Waals surface area contributed by atoms with Gasteiger partial charge in [0.1, 0.15) is 16.7 Å². The number of ketones is 3. The van der Waals surface area contributed by atoms with Gasteiger partial charge in [-0.2, -0.15) is 0 Å². The Balaban J connectivity index is 0.000000220. The molecule has 3 aromatic heterocycles. The van der Waals surface area contributed by atoms with Gasteiger partial charge >= 0.3 is 0 Å². The molecule has 0 saturated heterocycles. The molecule has 13 heteroatoms. The van der Waals surface area contributed by atoms with Crippen molar-refractivity contribution >= 4 is 17.3 Å². The van der Waals surface area contributed by atoms with E-state index in [1.807, 2.05) is 91.0 Å². The van der Waals surface area contributed by atoms with Gasteiger partial charge in [-0.25, -0.2) is 14.0 Å². The molecule has 3 N–H and O–H groups in total. The number of aryl methyl sites for hydroxylation is 3. The van der Waals surface area contributed by atoms with Crippen molar-refractivity contribution in [1.29, 1.82) is 0 Å². The second-order valence-electron chi connectivity index (χ2n) is 13.8.